The van der Waals surface area contributed by atoms with Crippen LogP contribution in [0.2, 0.25) is 0 Å². The van der Waals surface area contributed by atoms with Crippen molar-refractivity contribution >= 4 is 11.9 Å². The lowest BCUT2D eigenvalue weighted by atomic mass is 9.94. The standard InChI is InChI=1S/C15H26N2O3/c18-14(17-7-3-1-2-4-8-17)12-16-9-5-13(6-10-16)11-15(19)20/h13H,1-12H2,(H,19,20). The third kappa shape index (κ3) is 4.78. The number of piperidine rings is 1. The summed E-state index contributed by atoms with van der Waals surface area (Å²) in [6, 6.07) is 0. The van der Waals surface area contributed by atoms with Gasteiger partial charge < -0.3 is 10.0 Å². The Bertz CT molecular complexity index is 330. The fraction of sp³-hybridized carbons (Fsp3) is 0.867. The number of hydrogen-bond donors (Lipinski definition) is 1. The molecule has 5 nitrogen and oxygen atoms in total. The number of carboxylic acids is 1. The smallest absolute Gasteiger partial charge is 0.303 e. The molecule has 0 spiro atoms. The van der Waals surface area contributed by atoms with Crippen molar-refractivity contribution in [2.75, 3.05) is 32.7 Å². The van der Waals surface area contributed by atoms with Gasteiger partial charge in [-0.3, -0.25) is 14.5 Å². The molecule has 2 fully saturated rings. The average Bonchev–Trinajstić information content (AvgIpc) is 2.69. The highest BCUT2D eigenvalue weighted by atomic mass is 16.4. The van der Waals surface area contributed by atoms with Crippen molar-refractivity contribution < 1.29 is 14.7 Å². The first kappa shape index (κ1) is 15.3. The molecular formula is C15H26N2O3. The maximum Gasteiger partial charge on any atom is 0.303 e. The molecule has 20 heavy (non-hydrogen) atoms. The van der Waals surface area contributed by atoms with Gasteiger partial charge in [0.05, 0.1) is 6.54 Å². The Morgan fingerprint density at radius 1 is 0.950 bits per heavy atom. The van der Waals surface area contributed by atoms with Crippen molar-refractivity contribution in [1.29, 1.82) is 0 Å². The second-order valence-electron chi connectivity index (χ2n) is 6.11. The summed E-state index contributed by atoms with van der Waals surface area (Å²) in [5.74, 6) is -0.162. The monoisotopic (exact) mass is 282 g/mol. The predicted octanol–water partition coefficient (Wildman–Crippen LogP) is 1.58. The van der Waals surface area contributed by atoms with Crippen LogP contribution in [-0.4, -0.2) is 59.5 Å². The molecule has 0 unspecified atom stereocenters. The van der Waals surface area contributed by atoms with Crippen molar-refractivity contribution in [2.24, 2.45) is 5.92 Å². The second kappa shape index (κ2) is 7.62. The SMILES string of the molecule is O=C(O)CC1CCN(CC(=O)N2CCCCCC2)CC1. The van der Waals surface area contributed by atoms with Crippen LogP contribution in [0.3, 0.4) is 0 Å². The lowest BCUT2D eigenvalue weighted by molar-refractivity contribution is -0.139. The molecule has 1 N–H and O–H groups in total. The molecule has 5 heteroatoms. The van der Waals surface area contributed by atoms with E-state index in [0.29, 0.717) is 6.54 Å². The zero-order valence-electron chi connectivity index (χ0n) is 12.2. The van der Waals surface area contributed by atoms with Crippen LogP contribution in [0.15, 0.2) is 0 Å². The van der Waals surface area contributed by atoms with Gasteiger partial charge in [0, 0.05) is 19.5 Å². The number of nitrogens with zero attached hydrogens (tertiary/aromatic N) is 2. The first-order valence-corrected chi connectivity index (χ1v) is 7.87. The van der Waals surface area contributed by atoms with Gasteiger partial charge in [0.1, 0.15) is 0 Å². The van der Waals surface area contributed by atoms with E-state index in [9.17, 15) is 9.59 Å². The Kier molecular flexibility index (Phi) is 5.83. The van der Waals surface area contributed by atoms with E-state index >= 15 is 0 Å². The van der Waals surface area contributed by atoms with Gasteiger partial charge in [-0.1, -0.05) is 12.8 Å². The van der Waals surface area contributed by atoms with E-state index < -0.39 is 5.97 Å². The number of carbonyl (C=O) groups is 2. The summed E-state index contributed by atoms with van der Waals surface area (Å²) in [4.78, 5) is 27.2. The number of hydrogen-bond acceptors (Lipinski definition) is 3. The number of amides is 1. The molecule has 0 atom stereocenters. The first-order valence-electron chi connectivity index (χ1n) is 7.87. The van der Waals surface area contributed by atoms with E-state index in [1.165, 1.54) is 12.8 Å². The zero-order valence-corrected chi connectivity index (χ0v) is 12.2. The van der Waals surface area contributed by atoms with Gasteiger partial charge >= 0.3 is 5.97 Å². The molecule has 0 bridgehead atoms. The summed E-state index contributed by atoms with van der Waals surface area (Å²) in [5.41, 5.74) is 0. The summed E-state index contributed by atoms with van der Waals surface area (Å²) in [5, 5.41) is 8.80. The summed E-state index contributed by atoms with van der Waals surface area (Å²) in [6.07, 6.45) is 6.82. The van der Waals surface area contributed by atoms with E-state index in [1.807, 2.05) is 4.90 Å². The minimum absolute atomic E-state index is 0.253. The largest absolute Gasteiger partial charge is 0.481 e. The summed E-state index contributed by atoms with van der Waals surface area (Å²) >= 11 is 0. The molecule has 1 amide bonds. The Morgan fingerprint density at radius 3 is 2.10 bits per heavy atom. The zero-order chi connectivity index (χ0) is 14.4. The second-order valence-corrected chi connectivity index (χ2v) is 6.11. The van der Waals surface area contributed by atoms with E-state index in [0.717, 1.165) is 51.9 Å². The molecule has 0 aromatic rings. The minimum atomic E-state index is -0.705. The van der Waals surface area contributed by atoms with Crippen LogP contribution in [0.5, 0.6) is 0 Å². The van der Waals surface area contributed by atoms with Gasteiger partial charge in [-0.15, -0.1) is 0 Å². The molecule has 0 saturated carbocycles. The molecule has 114 valence electrons. The molecule has 2 saturated heterocycles. The van der Waals surface area contributed by atoms with Gasteiger partial charge in [0.2, 0.25) is 5.91 Å². The Balaban J connectivity index is 1.71. The molecule has 0 radical (unpaired) electrons. The maximum atomic E-state index is 12.3. The third-order valence-electron chi connectivity index (χ3n) is 4.49. The highest BCUT2D eigenvalue weighted by Gasteiger charge is 2.24. The van der Waals surface area contributed by atoms with Crippen molar-refractivity contribution in [3.05, 3.63) is 0 Å². The van der Waals surface area contributed by atoms with Gasteiger partial charge in [-0.25, -0.2) is 0 Å². The van der Waals surface area contributed by atoms with E-state index in [2.05, 4.69) is 4.90 Å². The van der Waals surface area contributed by atoms with Crippen LogP contribution in [0, 0.1) is 5.92 Å². The molecule has 2 aliphatic heterocycles. The molecule has 2 rings (SSSR count). The van der Waals surface area contributed by atoms with Crippen molar-refractivity contribution in [2.45, 2.75) is 44.9 Å². The van der Waals surface area contributed by atoms with Crippen LogP contribution < -0.4 is 0 Å². The minimum Gasteiger partial charge on any atom is -0.481 e. The first-order chi connectivity index (χ1) is 9.65. The highest BCUT2D eigenvalue weighted by Crippen LogP contribution is 2.20. The van der Waals surface area contributed by atoms with Gasteiger partial charge in [-0.05, 0) is 44.7 Å². The number of rotatable bonds is 4. The number of aliphatic carboxylic acids is 1. The van der Waals surface area contributed by atoms with Crippen molar-refractivity contribution in [3.63, 3.8) is 0 Å². The van der Waals surface area contributed by atoms with E-state index in [-0.39, 0.29) is 18.2 Å². The Labute approximate surface area is 120 Å². The van der Waals surface area contributed by atoms with E-state index in [1.54, 1.807) is 0 Å². The number of carboxylic acid groups (broad SMARTS) is 1. The third-order valence-corrected chi connectivity index (χ3v) is 4.49. The predicted molar refractivity (Wildman–Crippen MR) is 76.5 cm³/mol. The quantitative estimate of drug-likeness (QED) is 0.850. The maximum absolute atomic E-state index is 12.3. The lowest BCUT2D eigenvalue weighted by Gasteiger charge is -2.32. The molecule has 0 aromatic carbocycles. The molecular weight excluding hydrogens is 256 g/mol. The highest BCUT2D eigenvalue weighted by molar-refractivity contribution is 5.78. The number of carbonyl (C=O) groups excluding carboxylic acids is 1. The topological polar surface area (TPSA) is 60.9 Å². The Hall–Kier alpha value is -1.10. The van der Waals surface area contributed by atoms with Crippen LogP contribution in [0.1, 0.15) is 44.9 Å². The molecule has 0 aromatic heterocycles. The fourth-order valence-electron chi connectivity index (χ4n) is 3.21. The molecule has 0 aliphatic carbocycles. The number of likely N-dealkylation sites (tertiary alicyclic amines) is 2. The molecule has 2 aliphatic rings. The van der Waals surface area contributed by atoms with Crippen LogP contribution in [0.4, 0.5) is 0 Å². The normalized spacial score (nSPS) is 22.5. The van der Waals surface area contributed by atoms with Gasteiger partial charge in [0.15, 0.2) is 0 Å². The van der Waals surface area contributed by atoms with Crippen LogP contribution >= 0.6 is 0 Å². The average molecular weight is 282 g/mol. The fourth-order valence-corrected chi connectivity index (χ4v) is 3.21. The summed E-state index contributed by atoms with van der Waals surface area (Å²) in [7, 11) is 0. The van der Waals surface area contributed by atoms with Gasteiger partial charge in [0.25, 0.3) is 0 Å². The molecule has 2 heterocycles. The summed E-state index contributed by atoms with van der Waals surface area (Å²) in [6.45, 7) is 4.05. The Morgan fingerprint density at radius 2 is 1.55 bits per heavy atom. The van der Waals surface area contributed by atoms with E-state index in [4.69, 9.17) is 5.11 Å². The summed E-state index contributed by atoms with van der Waals surface area (Å²) < 4.78 is 0. The lowest BCUT2D eigenvalue weighted by Crippen LogP contribution is -2.43. The van der Waals surface area contributed by atoms with Gasteiger partial charge in [-0.2, -0.15) is 0 Å². The van der Waals surface area contributed by atoms with Crippen molar-refractivity contribution in [1.82, 2.24) is 9.80 Å². The van der Waals surface area contributed by atoms with Crippen molar-refractivity contribution in [3.8, 4) is 0 Å². The van der Waals surface area contributed by atoms with Crippen LogP contribution in [0.25, 0.3) is 0 Å². The van der Waals surface area contributed by atoms with Crippen LogP contribution in [-0.2, 0) is 9.59 Å².